The number of hydrogen-bond donors (Lipinski definition) is 0. The monoisotopic (exact) mass is 270 g/mol. The van der Waals surface area contributed by atoms with Gasteiger partial charge in [-0.15, -0.1) is 11.6 Å². The van der Waals surface area contributed by atoms with Crippen molar-refractivity contribution in [1.29, 1.82) is 0 Å². The molecule has 3 nitrogen and oxygen atoms in total. The molecule has 0 saturated heterocycles. The van der Waals surface area contributed by atoms with E-state index in [0.29, 0.717) is 0 Å². The molecular weight excluding hydrogens is 248 g/mol. The zero-order chi connectivity index (χ0) is 13.7. The summed E-state index contributed by atoms with van der Waals surface area (Å²) in [5.41, 5.74) is 3.28. The first-order valence-electron chi connectivity index (χ1n) is 6.27. The van der Waals surface area contributed by atoms with Crippen LogP contribution in [0.4, 0.5) is 0 Å². The Morgan fingerprint density at radius 1 is 1.44 bits per heavy atom. The van der Waals surface area contributed by atoms with Gasteiger partial charge in [0, 0.05) is 29.2 Å². The van der Waals surface area contributed by atoms with Crippen LogP contribution in [0.2, 0.25) is 0 Å². The molecule has 1 heterocycles. The SMILES string of the molecule is COc1c(C)cnc(CN(C)CCC(C)Cl)c1C. The van der Waals surface area contributed by atoms with Gasteiger partial charge in [0.05, 0.1) is 12.8 Å². The second-order valence-electron chi connectivity index (χ2n) is 4.85. The molecule has 0 amide bonds. The molecule has 102 valence electrons. The highest BCUT2D eigenvalue weighted by Crippen LogP contribution is 2.24. The van der Waals surface area contributed by atoms with Gasteiger partial charge in [-0.1, -0.05) is 0 Å². The van der Waals surface area contributed by atoms with E-state index < -0.39 is 0 Å². The predicted molar refractivity (Wildman–Crippen MR) is 76.5 cm³/mol. The van der Waals surface area contributed by atoms with Crippen LogP contribution in [0.5, 0.6) is 5.75 Å². The van der Waals surface area contributed by atoms with E-state index in [0.717, 1.165) is 42.1 Å². The molecule has 0 aliphatic heterocycles. The van der Waals surface area contributed by atoms with Crippen molar-refractivity contribution in [3.8, 4) is 5.75 Å². The number of pyridine rings is 1. The van der Waals surface area contributed by atoms with E-state index in [1.165, 1.54) is 0 Å². The fourth-order valence-electron chi connectivity index (χ4n) is 1.96. The summed E-state index contributed by atoms with van der Waals surface area (Å²) in [6, 6.07) is 0. The molecule has 1 rings (SSSR count). The number of nitrogens with zero attached hydrogens (tertiary/aromatic N) is 2. The van der Waals surface area contributed by atoms with Crippen molar-refractivity contribution in [3.63, 3.8) is 0 Å². The third-order valence-corrected chi connectivity index (χ3v) is 3.30. The Hall–Kier alpha value is -0.800. The van der Waals surface area contributed by atoms with Gasteiger partial charge < -0.3 is 9.64 Å². The fourth-order valence-corrected chi connectivity index (χ4v) is 2.06. The minimum atomic E-state index is 0.217. The number of halogens is 1. The maximum absolute atomic E-state index is 5.96. The van der Waals surface area contributed by atoms with Gasteiger partial charge in [0.1, 0.15) is 5.75 Å². The summed E-state index contributed by atoms with van der Waals surface area (Å²) in [6.07, 6.45) is 2.86. The Morgan fingerprint density at radius 3 is 2.67 bits per heavy atom. The summed E-state index contributed by atoms with van der Waals surface area (Å²) in [5.74, 6) is 0.944. The minimum absolute atomic E-state index is 0.217. The quantitative estimate of drug-likeness (QED) is 0.743. The average Bonchev–Trinajstić information content (AvgIpc) is 2.31. The van der Waals surface area contributed by atoms with Crippen LogP contribution >= 0.6 is 11.6 Å². The largest absolute Gasteiger partial charge is 0.496 e. The molecule has 0 bridgehead atoms. The molecule has 0 fully saturated rings. The smallest absolute Gasteiger partial charge is 0.128 e. The zero-order valence-corrected chi connectivity index (χ0v) is 12.7. The number of ether oxygens (including phenoxy) is 1. The normalized spacial score (nSPS) is 12.8. The van der Waals surface area contributed by atoms with Gasteiger partial charge in [0.15, 0.2) is 0 Å². The van der Waals surface area contributed by atoms with Gasteiger partial charge >= 0.3 is 0 Å². The molecule has 0 saturated carbocycles. The fraction of sp³-hybridized carbons (Fsp3) is 0.643. The Kier molecular flexibility index (Phi) is 5.89. The zero-order valence-electron chi connectivity index (χ0n) is 12.0. The lowest BCUT2D eigenvalue weighted by Crippen LogP contribution is -2.22. The van der Waals surface area contributed by atoms with Crippen molar-refractivity contribution < 1.29 is 4.74 Å². The first-order chi connectivity index (χ1) is 8.45. The van der Waals surface area contributed by atoms with Crippen molar-refractivity contribution in [2.75, 3.05) is 20.7 Å². The van der Waals surface area contributed by atoms with Crippen molar-refractivity contribution in [2.24, 2.45) is 0 Å². The number of aromatic nitrogens is 1. The lowest BCUT2D eigenvalue weighted by atomic mass is 10.1. The second kappa shape index (κ2) is 6.95. The first kappa shape index (κ1) is 15.3. The highest BCUT2D eigenvalue weighted by molar-refractivity contribution is 6.20. The molecule has 1 atom stereocenters. The molecule has 1 aromatic heterocycles. The summed E-state index contributed by atoms with van der Waals surface area (Å²) < 4.78 is 5.42. The van der Waals surface area contributed by atoms with Crippen LogP contribution in [0.15, 0.2) is 6.20 Å². The van der Waals surface area contributed by atoms with Crippen LogP contribution in [-0.2, 0) is 6.54 Å². The molecule has 0 aliphatic carbocycles. The topological polar surface area (TPSA) is 25.4 Å². The van der Waals surface area contributed by atoms with Gasteiger partial charge in [-0.05, 0) is 40.8 Å². The van der Waals surface area contributed by atoms with E-state index in [1.54, 1.807) is 7.11 Å². The van der Waals surface area contributed by atoms with E-state index in [4.69, 9.17) is 16.3 Å². The van der Waals surface area contributed by atoms with Crippen molar-refractivity contribution >= 4 is 11.6 Å². The molecule has 0 spiro atoms. The first-order valence-corrected chi connectivity index (χ1v) is 6.71. The van der Waals surface area contributed by atoms with E-state index in [2.05, 4.69) is 23.9 Å². The van der Waals surface area contributed by atoms with Gasteiger partial charge in [-0.25, -0.2) is 0 Å². The summed E-state index contributed by atoms with van der Waals surface area (Å²) in [4.78, 5) is 6.74. The summed E-state index contributed by atoms with van der Waals surface area (Å²) in [7, 11) is 3.80. The molecule has 1 unspecified atom stereocenters. The van der Waals surface area contributed by atoms with Crippen LogP contribution in [0, 0.1) is 13.8 Å². The highest BCUT2D eigenvalue weighted by atomic mass is 35.5. The van der Waals surface area contributed by atoms with Crippen molar-refractivity contribution in [1.82, 2.24) is 9.88 Å². The molecule has 0 N–H and O–H groups in total. The van der Waals surface area contributed by atoms with Crippen LogP contribution < -0.4 is 4.74 Å². The Labute approximate surface area is 115 Å². The minimum Gasteiger partial charge on any atom is -0.496 e. The third kappa shape index (κ3) is 4.14. The van der Waals surface area contributed by atoms with Crippen LogP contribution in [0.1, 0.15) is 30.2 Å². The Balaban J connectivity index is 2.73. The number of alkyl halides is 1. The standard InChI is InChI=1S/C14H23ClN2O/c1-10-8-16-13(12(3)14(10)18-5)9-17(4)7-6-11(2)15/h8,11H,6-7,9H2,1-5H3. The van der Waals surface area contributed by atoms with Crippen LogP contribution in [0.3, 0.4) is 0 Å². The van der Waals surface area contributed by atoms with E-state index in [1.807, 2.05) is 20.0 Å². The molecular formula is C14H23ClN2O. The van der Waals surface area contributed by atoms with Gasteiger partial charge in [-0.2, -0.15) is 0 Å². The van der Waals surface area contributed by atoms with Crippen molar-refractivity contribution in [3.05, 3.63) is 23.0 Å². The van der Waals surface area contributed by atoms with E-state index in [9.17, 15) is 0 Å². The molecule has 0 aliphatic rings. The van der Waals surface area contributed by atoms with Gasteiger partial charge in [0.2, 0.25) is 0 Å². The second-order valence-corrected chi connectivity index (χ2v) is 5.60. The third-order valence-electron chi connectivity index (χ3n) is 3.08. The summed E-state index contributed by atoms with van der Waals surface area (Å²) in [6.45, 7) is 7.90. The average molecular weight is 271 g/mol. The lowest BCUT2D eigenvalue weighted by Gasteiger charge is -2.19. The van der Waals surface area contributed by atoms with Crippen LogP contribution in [-0.4, -0.2) is 36.0 Å². The Bertz CT molecular complexity index is 394. The van der Waals surface area contributed by atoms with E-state index >= 15 is 0 Å². The van der Waals surface area contributed by atoms with E-state index in [-0.39, 0.29) is 5.38 Å². The summed E-state index contributed by atoms with van der Waals surface area (Å²) >= 11 is 5.96. The number of methoxy groups -OCH3 is 1. The maximum atomic E-state index is 5.96. The maximum Gasteiger partial charge on any atom is 0.128 e. The van der Waals surface area contributed by atoms with Gasteiger partial charge in [-0.3, -0.25) is 4.98 Å². The highest BCUT2D eigenvalue weighted by Gasteiger charge is 2.11. The number of hydrogen-bond acceptors (Lipinski definition) is 3. The molecule has 18 heavy (non-hydrogen) atoms. The molecule has 0 aromatic carbocycles. The molecule has 4 heteroatoms. The number of rotatable bonds is 6. The number of aryl methyl sites for hydroxylation is 1. The Morgan fingerprint density at radius 2 is 2.11 bits per heavy atom. The predicted octanol–water partition coefficient (Wildman–Crippen LogP) is 3.16. The summed E-state index contributed by atoms with van der Waals surface area (Å²) in [5, 5.41) is 0.217. The van der Waals surface area contributed by atoms with Crippen molar-refractivity contribution in [2.45, 2.75) is 39.1 Å². The van der Waals surface area contributed by atoms with Gasteiger partial charge in [0.25, 0.3) is 0 Å². The van der Waals surface area contributed by atoms with Crippen LogP contribution in [0.25, 0.3) is 0 Å². The lowest BCUT2D eigenvalue weighted by molar-refractivity contribution is 0.315. The molecule has 1 aromatic rings. The molecule has 0 radical (unpaired) electrons.